The molecular formula is C21H21N5O4S2. The summed E-state index contributed by atoms with van der Waals surface area (Å²) in [4.78, 5) is 16.0. The average Bonchev–Trinajstić information content (AvgIpc) is 3.15. The highest BCUT2D eigenvalue weighted by Crippen LogP contribution is 2.42. The monoisotopic (exact) mass is 471 g/mol. The van der Waals surface area contributed by atoms with Crippen LogP contribution in [0.2, 0.25) is 0 Å². The fourth-order valence-electron chi connectivity index (χ4n) is 3.42. The van der Waals surface area contributed by atoms with Gasteiger partial charge in [-0.1, -0.05) is 24.3 Å². The Morgan fingerprint density at radius 2 is 1.97 bits per heavy atom. The number of phenols is 1. The van der Waals surface area contributed by atoms with E-state index in [9.17, 15) is 18.3 Å². The Morgan fingerprint density at radius 3 is 2.69 bits per heavy atom. The first-order valence-electron chi connectivity index (χ1n) is 9.81. The lowest BCUT2D eigenvalue weighted by Gasteiger charge is -2.15. The van der Waals surface area contributed by atoms with Gasteiger partial charge in [-0.3, -0.25) is 14.6 Å². The van der Waals surface area contributed by atoms with Gasteiger partial charge >= 0.3 is 0 Å². The third-order valence-corrected chi connectivity index (χ3v) is 7.29. The van der Waals surface area contributed by atoms with Crippen LogP contribution >= 0.6 is 11.8 Å². The van der Waals surface area contributed by atoms with Crippen LogP contribution in [0.5, 0.6) is 5.75 Å². The van der Waals surface area contributed by atoms with Crippen molar-refractivity contribution in [2.45, 2.75) is 36.2 Å². The van der Waals surface area contributed by atoms with Gasteiger partial charge in [0.15, 0.2) is 5.16 Å². The Morgan fingerprint density at radius 1 is 1.19 bits per heavy atom. The molecule has 0 fully saturated rings. The van der Waals surface area contributed by atoms with Crippen molar-refractivity contribution in [2.24, 2.45) is 0 Å². The Bertz CT molecular complexity index is 1330. The van der Waals surface area contributed by atoms with Gasteiger partial charge in [0.1, 0.15) is 12.1 Å². The Kier molecular flexibility index (Phi) is 6.19. The normalized spacial score (nSPS) is 14.4. The van der Waals surface area contributed by atoms with Crippen LogP contribution in [0.4, 0.5) is 5.69 Å². The number of aromatic nitrogens is 3. The number of aromatic hydroxyl groups is 1. The number of sulfonamides is 1. The molecule has 0 bridgehead atoms. The number of nitrogens with zero attached hydrogens (tertiary/aromatic N) is 2. The molecule has 9 nitrogen and oxygen atoms in total. The number of phenolic OH excluding ortho intramolecular Hbond substituents is 1. The minimum absolute atomic E-state index is 0.0292. The molecule has 32 heavy (non-hydrogen) atoms. The van der Waals surface area contributed by atoms with Crippen LogP contribution in [0.25, 0.3) is 10.8 Å². The van der Waals surface area contributed by atoms with Gasteiger partial charge in [-0.05, 0) is 49.2 Å². The molecule has 1 amide bonds. The van der Waals surface area contributed by atoms with Gasteiger partial charge in [-0.15, -0.1) is 0 Å². The Labute approximate surface area is 189 Å². The summed E-state index contributed by atoms with van der Waals surface area (Å²) >= 11 is 1.14. The van der Waals surface area contributed by atoms with Gasteiger partial charge in [0.25, 0.3) is 10.0 Å². The Balaban J connectivity index is 1.71. The predicted octanol–water partition coefficient (Wildman–Crippen LogP) is 3.64. The smallest absolute Gasteiger partial charge is 0.258 e. The summed E-state index contributed by atoms with van der Waals surface area (Å²) in [6, 6.07) is 8.59. The molecule has 0 saturated heterocycles. The summed E-state index contributed by atoms with van der Waals surface area (Å²) in [5.41, 5.74) is 1.03. The molecule has 0 spiro atoms. The number of hydrogen-bond acceptors (Lipinski definition) is 7. The highest BCUT2D eigenvalue weighted by molar-refractivity contribution is 7.99. The number of amides is 1. The largest absolute Gasteiger partial charge is 0.506 e. The summed E-state index contributed by atoms with van der Waals surface area (Å²) in [7, 11) is -3.87. The SMILES string of the molecule is CC(=O)NC1=CC=C(S(=O)(=O)Nc2cc(Sc3ncn[nH]3)c(O)c3ccccc23)CCC1. The van der Waals surface area contributed by atoms with Crippen molar-refractivity contribution in [1.29, 1.82) is 0 Å². The highest BCUT2D eigenvalue weighted by atomic mass is 32.2. The molecule has 0 aliphatic heterocycles. The second-order valence-electron chi connectivity index (χ2n) is 7.17. The quantitative estimate of drug-likeness (QED) is 0.403. The number of carbonyl (C=O) groups is 1. The van der Waals surface area contributed by atoms with E-state index in [1.807, 2.05) is 0 Å². The number of allylic oxidation sites excluding steroid dienone is 4. The van der Waals surface area contributed by atoms with E-state index in [4.69, 9.17) is 0 Å². The minimum Gasteiger partial charge on any atom is -0.506 e. The molecule has 1 aromatic heterocycles. The van der Waals surface area contributed by atoms with Crippen LogP contribution in [-0.2, 0) is 14.8 Å². The van der Waals surface area contributed by atoms with Gasteiger partial charge in [0.05, 0.1) is 15.5 Å². The van der Waals surface area contributed by atoms with E-state index in [1.165, 1.54) is 19.3 Å². The fraction of sp³-hybridized carbons (Fsp3) is 0.190. The number of fused-ring (bicyclic) bond motifs is 1. The first-order chi connectivity index (χ1) is 15.3. The number of H-pyrrole nitrogens is 1. The van der Waals surface area contributed by atoms with Crippen molar-refractivity contribution in [3.63, 3.8) is 0 Å². The van der Waals surface area contributed by atoms with Crippen molar-refractivity contribution in [2.75, 3.05) is 4.72 Å². The van der Waals surface area contributed by atoms with Crippen molar-refractivity contribution >= 4 is 44.2 Å². The van der Waals surface area contributed by atoms with Crippen molar-refractivity contribution in [3.05, 3.63) is 59.4 Å². The third-order valence-electron chi connectivity index (χ3n) is 4.85. The summed E-state index contributed by atoms with van der Waals surface area (Å²) in [6.07, 6.45) is 6.00. The van der Waals surface area contributed by atoms with Crippen LogP contribution < -0.4 is 10.0 Å². The molecule has 0 unspecified atom stereocenters. The lowest BCUT2D eigenvalue weighted by atomic mass is 10.1. The van der Waals surface area contributed by atoms with Gasteiger partial charge in [-0.25, -0.2) is 13.4 Å². The number of benzene rings is 2. The zero-order chi connectivity index (χ0) is 22.7. The van der Waals surface area contributed by atoms with Gasteiger partial charge in [-0.2, -0.15) is 5.10 Å². The van der Waals surface area contributed by atoms with E-state index in [1.54, 1.807) is 36.4 Å². The zero-order valence-corrected chi connectivity index (χ0v) is 18.8. The van der Waals surface area contributed by atoms with Gasteiger partial charge < -0.3 is 10.4 Å². The fourth-order valence-corrected chi connectivity index (χ4v) is 5.46. The van der Waals surface area contributed by atoms with E-state index in [0.29, 0.717) is 51.5 Å². The molecule has 4 N–H and O–H groups in total. The van der Waals surface area contributed by atoms with E-state index in [-0.39, 0.29) is 16.6 Å². The second-order valence-corrected chi connectivity index (χ2v) is 9.94. The first-order valence-corrected chi connectivity index (χ1v) is 12.1. The summed E-state index contributed by atoms with van der Waals surface area (Å²) in [5.74, 6) is -0.164. The minimum atomic E-state index is -3.87. The lowest BCUT2D eigenvalue weighted by Crippen LogP contribution is -2.18. The molecule has 0 saturated carbocycles. The van der Waals surface area contributed by atoms with Crippen LogP contribution in [0, 0.1) is 0 Å². The maximum atomic E-state index is 13.2. The van der Waals surface area contributed by atoms with Crippen molar-refractivity contribution in [1.82, 2.24) is 20.5 Å². The molecule has 11 heteroatoms. The summed E-state index contributed by atoms with van der Waals surface area (Å²) in [5, 5.41) is 21.5. The molecule has 1 aliphatic carbocycles. The van der Waals surface area contributed by atoms with E-state index >= 15 is 0 Å². The van der Waals surface area contributed by atoms with Crippen LogP contribution in [0.15, 0.2) is 69.5 Å². The topological polar surface area (TPSA) is 137 Å². The molecule has 166 valence electrons. The number of anilines is 1. The number of carbonyl (C=O) groups excluding carboxylic acids is 1. The average molecular weight is 472 g/mol. The van der Waals surface area contributed by atoms with E-state index in [0.717, 1.165) is 11.8 Å². The van der Waals surface area contributed by atoms with E-state index < -0.39 is 10.0 Å². The zero-order valence-electron chi connectivity index (χ0n) is 17.1. The van der Waals surface area contributed by atoms with Gasteiger partial charge in [0.2, 0.25) is 5.91 Å². The molecule has 0 radical (unpaired) electrons. The number of nitrogens with one attached hydrogen (secondary N) is 3. The maximum absolute atomic E-state index is 13.2. The lowest BCUT2D eigenvalue weighted by molar-refractivity contribution is -0.118. The molecular weight excluding hydrogens is 450 g/mol. The first kappa shape index (κ1) is 21.9. The standard InChI is InChI=1S/C21H21N5O4S2/c1-13(27)24-14-5-4-6-15(10-9-14)32(29,30)26-18-11-19(31-21-22-12-23-25-21)20(28)17-8-3-2-7-16(17)18/h2-3,7-12,26,28H,4-6H2,1H3,(H,24,27)(H,22,23,25). The van der Waals surface area contributed by atoms with Crippen LogP contribution in [0.1, 0.15) is 26.2 Å². The summed E-state index contributed by atoms with van der Waals surface area (Å²) in [6.45, 7) is 1.42. The van der Waals surface area contributed by atoms with Crippen molar-refractivity contribution < 1.29 is 18.3 Å². The molecule has 3 aromatic rings. The number of rotatable bonds is 6. The number of aromatic amines is 1. The summed E-state index contributed by atoms with van der Waals surface area (Å²) < 4.78 is 29.1. The van der Waals surface area contributed by atoms with Crippen LogP contribution in [0.3, 0.4) is 0 Å². The molecule has 2 aromatic carbocycles. The van der Waals surface area contributed by atoms with Crippen molar-refractivity contribution in [3.8, 4) is 5.75 Å². The van der Waals surface area contributed by atoms with Crippen LogP contribution in [-0.4, -0.2) is 34.6 Å². The predicted molar refractivity (Wildman–Crippen MR) is 122 cm³/mol. The molecule has 1 heterocycles. The van der Waals surface area contributed by atoms with E-state index in [2.05, 4.69) is 25.2 Å². The Hall–Kier alpha value is -3.31. The maximum Gasteiger partial charge on any atom is 0.258 e. The molecule has 4 rings (SSSR count). The molecule has 1 aliphatic rings. The van der Waals surface area contributed by atoms with Gasteiger partial charge in [0, 0.05) is 23.4 Å². The second kappa shape index (κ2) is 9.05. The highest BCUT2D eigenvalue weighted by Gasteiger charge is 2.22. The molecule has 0 atom stereocenters. The number of hydrogen-bond donors (Lipinski definition) is 4. The third kappa shape index (κ3) is 4.78.